The Hall–Kier alpha value is -2.37. The predicted molar refractivity (Wildman–Crippen MR) is 110 cm³/mol. The number of benzene rings is 1. The molecule has 4 rings (SSSR count). The van der Waals surface area contributed by atoms with Crippen LogP contribution in [-0.4, -0.2) is 41.1 Å². The summed E-state index contributed by atoms with van der Waals surface area (Å²) >= 11 is 0. The molecule has 1 aliphatic carbocycles. The number of carbonyl (C=O) groups is 1. The molecule has 6 nitrogen and oxygen atoms in total. The molecule has 0 radical (unpaired) electrons. The van der Waals surface area contributed by atoms with Crippen molar-refractivity contribution in [2.45, 2.75) is 57.8 Å². The van der Waals surface area contributed by atoms with Gasteiger partial charge in [0.1, 0.15) is 5.75 Å². The van der Waals surface area contributed by atoms with Crippen LogP contribution in [0.25, 0.3) is 11.4 Å². The molecule has 1 aromatic carbocycles. The third-order valence-corrected chi connectivity index (χ3v) is 6.43. The second-order valence-electron chi connectivity index (χ2n) is 8.48. The molecule has 0 N–H and O–H groups in total. The molecule has 6 heteroatoms. The van der Waals surface area contributed by atoms with E-state index in [1.165, 1.54) is 32.1 Å². The van der Waals surface area contributed by atoms with Crippen molar-refractivity contribution < 1.29 is 14.1 Å². The van der Waals surface area contributed by atoms with E-state index in [0.717, 1.165) is 50.1 Å². The molecule has 2 heterocycles. The number of hydrogen-bond donors (Lipinski definition) is 0. The number of carbonyl (C=O) groups excluding carboxylic acids is 1. The summed E-state index contributed by atoms with van der Waals surface area (Å²) in [6.45, 7) is 1.71. The maximum Gasteiger partial charge on any atom is 0.227 e. The minimum Gasteiger partial charge on any atom is -0.497 e. The van der Waals surface area contributed by atoms with Gasteiger partial charge in [0, 0.05) is 31.5 Å². The molecule has 2 fully saturated rings. The van der Waals surface area contributed by atoms with Gasteiger partial charge in [-0.25, -0.2) is 0 Å². The quantitative estimate of drug-likeness (QED) is 0.718. The molecular formula is C23H31N3O3. The number of likely N-dealkylation sites (tertiary alicyclic amines) is 1. The van der Waals surface area contributed by atoms with Crippen molar-refractivity contribution in [3.05, 3.63) is 30.2 Å². The molecule has 29 heavy (non-hydrogen) atoms. The van der Waals surface area contributed by atoms with Gasteiger partial charge in [0.15, 0.2) is 0 Å². The van der Waals surface area contributed by atoms with Crippen molar-refractivity contribution >= 4 is 5.91 Å². The topological polar surface area (TPSA) is 68.5 Å². The lowest BCUT2D eigenvalue weighted by Crippen LogP contribution is -2.39. The Morgan fingerprint density at radius 1 is 1.07 bits per heavy atom. The van der Waals surface area contributed by atoms with E-state index in [-0.39, 0.29) is 0 Å². The third-order valence-electron chi connectivity index (χ3n) is 6.43. The maximum atomic E-state index is 12.6. The molecule has 0 bridgehead atoms. The highest BCUT2D eigenvalue weighted by atomic mass is 16.5. The van der Waals surface area contributed by atoms with Crippen LogP contribution in [0, 0.1) is 11.8 Å². The molecule has 1 saturated carbocycles. The summed E-state index contributed by atoms with van der Waals surface area (Å²) in [7, 11) is 1.65. The summed E-state index contributed by atoms with van der Waals surface area (Å²) in [5, 5.41) is 4.12. The number of ether oxygens (including phenoxy) is 1. The minimum atomic E-state index is 0.356. The van der Waals surface area contributed by atoms with Gasteiger partial charge in [0.25, 0.3) is 0 Å². The molecule has 156 valence electrons. The Morgan fingerprint density at radius 3 is 2.48 bits per heavy atom. The van der Waals surface area contributed by atoms with Gasteiger partial charge in [-0.05, 0) is 61.8 Å². The number of piperidine rings is 1. The van der Waals surface area contributed by atoms with E-state index in [1.807, 2.05) is 24.3 Å². The Morgan fingerprint density at radius 2 is 1.79 bits per heavy atom. The van der Waals surface area contributed by atoms with Crippen molar-refractivity contribution in [2.24, 2.45) is 11.8 Å². The zero-order chi connectivity index (χ0) is 20.1. The summed E-state index contributed by atoms with van der Waals surface area (Å²) in [5.41, 5.74) is 0.920. The lowest BCUT2D eigenvalue weighted by atomic mass is 9.86. The molecule has 2 aromatic rings. The minimum absolute atomic E-state index is 0.356. The summed E-state index contributed by atoms with van der Waals surface area (Å²) in [5.74, 6) is 3.57. The summed E-state index contributed by atoms with van der Waals surface area (Å²) in [6, 6.07) is 7.66. The lowest BCUT2D eigenvalue weighted by molar-refractivity contribution is -0.133. The first-order valence-electron chi connectivity index (χ1n) is 11.0. The van der Waals surface area contributed by atoms with Crippen molar-refractivity contribution in [1.82, 2.24) is 15.0 Å². The number of nitrogens with zero attached hydrogens (tertiary/aromatic N) is 3. The summed E-state index contributed by atoms with van der Waals surface area (Å²) in [6.07, 6.45) is 9.95. The number of aromatic nitrogens is 2. The first-order valence-corrected chi connectivity index (χ1v) is 11.0. The van der Waals surface area contributed by atoms with E-state index in [4.69, 9.17) is 9.26 Å². The Kier molecular flexibility index (Phi) is 6.47. The zero-order valence-electron chi connectivity index (χ0n) is 17.3. The van der Waals surface area contributed by atoms with Crippen LogP contribution in [0.5, 0.6) is 5.75 Å². The molecule has 2 aliphatic rings. The number of amides is 1. The number of rotatable bonds is 6. The van der Waals surface area contributed by atoms with Gasteiger partial charge in [-0.15, -0.1) is 0 Å². The number of methoxy groups -OCH3 is 1. The van der Waals surface area contributed by atoms with Crippen LogP contribution in [-0.2, 0) is 11.2 Å². The monoisotopic (exact) mass is 397 g/mol. The van der Waals surface area contributed by atoms with E-state index >= 15 is 0 Å². The Bertz CT molecular complexity index is 788. The average molecular weight is 398 g/mol. The highest BCUT2D eigenvalue weighted by Gasteiger charge is 2.26. The predicted octanol–water partition coefficient (Wildman–Crippen LogP) is 4.50. The van der Waals surface area contributed by atoms with Crippen LogP contribution in [0.1, 0.15) is 57.3 Å². The lowest BCUT2D eigenvalue weighted by Gasteiger charge is -2.33. The summed E-state index contributed by atoms with van der Waals surface area (Å²) < 4.78 is 10.7. The van der Waals surface area contributed by atoms with E-state index in [0.29, 0.717) is 29.5 Å². The highest BCUT2D eigenvalue weighted by Crippen LogP contribution is 2.28. The second kappa shape index (κ2) is 9.42. The molecule has 0 spiro atoms. The normalized spacial score (nSPS) is 18.7. The smallest absolute Gasteiger partial charge is 0.227 e. The van der Waals surface area contributed by atoms with Gasteiger partial charge in [-0.3, -0.25) is 4.79 Å². The van der Waals surface area contributed by atoms with Gasteiger partial charge in [-0.2, -0.15) is 4.98 Å². The first kappa shape index (κ1) is 19.9. The number of hydrogen-bond acceptors (Lipinski definition) is 5. The fourth-order valence-electron chi connectivity index (χ4n) is 4.60. The van der Waals surface area contributed by atoms with Crippen molar-refractivity contribution in [3.8, 4) is 17.1 Å². The molecule has 1 saturated heterocycles. The fourth-order valence-corrected chi connectivity index (χ4v) is 4.60. The standard InChI is InChI=1S/C23H31N3O3/c1-28-20-9-7-19(8-10-20)23-24-21(29-25-23)15-18-11-13-26(14-12-18)22(27)16-17-5-3-2-4-6-17/h7-10,17-18H,2-6,11-16H2,1H3. The van der Waals surface area contributed by atoms with Crippen molar-refractivity contribution in [2.75, 3.05) is 20.2 Å². The molecule has 0 atom stereocenters. The first-order chi connectivity index (χ1) is 14.2. The fraction of sp³-hybridized carbons (Fsp3) is 0.609. The SMILES string of the molecule is COc1ccc(-c2noc(CC3CCN(C(=O)CC4CCCCC4)CC3)n2)cc1. The molecule has 1 aromatic heterocycles. The van der Waals surface area contributed by atoms with Crippen molar-refractivity contribution in [3.63, 3.8) is 0 Å². The van der Waals surface area contributed by atoms with Crippen LogP contribution in [0.4, 0.5) is 0 Å². The van der Waals surface area contributed by atoms with Gasteiger partial charge in [0.2, 0.25) is 17.6 Å². The summed E-state index contributed by atoms with van der Waals surface area (Å²) in [4.78, 5) is 19.2. The van der Waals surface area contributed by atoms with Crippen LogP contribution in [0.15, 0.2) is 28.8 Å². The van der Waals surface area contributed by atoms with E-state index in [2.05, 4.69) is 15.0 Å². The highest BCUT2D eigenvalue weighted by molar-refractivity contribution is 5.76. The Balaban J connectivity index is 1.25. The molecule has 0 unspecified atom stereocenters. The maximum absolute atomic E-state index is 12.6. The van der Waals surface area contributed by atoms with E-state index in [1.54, 1.807) is 7.11 Å². The van der Waals surface area contributed by atoms with Gasteiger partial charge in [-0.1, -0.05) is 24.4 Å². The largest absolute Gasteiger partial charge is 0.497 e. The van der Waals surface area contributed by atoms with E-state index in [9.17, 15) is 4.79 Å². The molecular weight excluding hydrogens is 366 g/mol. The third kappa shape index (κ3) is 5.17. The Labute approximate surface area is 172 Å². The van der Waals surface area contributed by atoms with Gasteiger partial charge in [0.05, 0.1) is 7.11 Å². The van der Waals surface area contributed by atoms with Crippen LogP contribution in [0.3, 0.4) is 0 Å². The van der Waals surface area contributed by atoms with Gasteiger partial charge < -0.3 is 14.2 Å². The zero-order valence-corrected chi connectivity index (χ0v) is 17.3. The average Bonchev–Trinajstić information content (AvgIpc) is 3.23. The van der Waals surface area contributed by atoms with Crippen molar-refractivity contribution in [1.29, 1.82) is 0 Å². The van der Waals surface area contributed by atoms with Crippen LogP contribution < -0.4 is 4.74 Å². The van der Waals surface area contributed by atoms with E-state index < -0.39 is 0 Å². The van der Waals surface area contributed by atoms with Crippen LogP contribution in [0.2, 0.25) is 0 Å². The van der Waals surface area contributed by atoms with Gasteiger partial charge >= 0.3 is 0 Å². The molecule has 1 amide bonds. The molecule has 1 aliphatic heterocycles. The second-order valence-corrected chi connectivity index (χ2v) is 8.48. The van der Waals surface area contributed by atoms with Crippen LogP contribution >= 0.6 is 0 Å².